The molecule has 1 saturated carbocycles. The second-order valence-corrected chi connectivity index (χ2v) is 5.91. The number of H-pyrrole nitrogens is 1. The van der Waals surface area contributed by atoms with Crippen molar-refractivity contribution in [1.82, 2.24) is 15.1 Å². The number of carbonyl (C=O) groups is 1. The summed E-state index contributed by atoms with van der Waals surface area (Å²) in [5.41, 5.74) is 0. The summed E-state index contributed by atoms with van der Waals surface area (Å²) in [5, 5.41) is 17.6. The van der Waals surface area contributed by atoms with Gasteiger partial charge >= 0.3 is 0 Å². The first-order chi connectivity index (χ1) is 8.65. The maximum Gasteiger partial charge on any atom is 0.263 e. The number of likely N-dealkylation sites (N-methyl/N-ethyl adjacent to an activating group) is 1. The Morgan fingerprint density at radius 3 is 3.17 bits per heavy atom. The number of amides is 1. The van der Waals surface area contributed by atoms with Crippen molar-refractivity contribution in [2.24, 2.45) is 5.92 Å². The average molecular weight is 265 g/mol. The molecule has 1 aliphatic rings. The summed E-state index contributed by atoms with van der Waals surface area (Å²) in [6, 6.07) is 1.84. The number of hydrogen-bond donors (Lipinski definition) is 2. The second-order valence-electron chi connectivity index (χ2n) is 4.86. The number of aromatic nitrogens is 2. The highest BCUT2D eigenvalue weighted by molar-refractivity contribution is 7.20. The minimum atomic E-state index is -0.384. The van der Waals surface area contributed by atoms with Gasteiger partial charge in [-0.15, -0.1) is 11.3 Å². The number of aliphatic hydroxyl groups is 1. The molecular weight excluding hydrogens is 250 g/mol. The summed E-state index contributed by atoms with van der Waals surface area (Å²) >= 11 is 1.40. The number of fused-ring (bicyclic) bond motifs is 1. The number of nitrogens with one attached hydrogen (secondary N) is 1. The van der Waals surface area contributed by atoms with Crippen molar-refractivity contribution < 1.29 is 9.90 Å². The van der Waals surface area contributed by atoms with Crippen LogP contribution in [0.4, 0.5) is 0 Å². The van der Waals surface area contributed by atoms with Crippen molar-refractivity contribution in [3.05, 3.63) is 17.1 Å². The largest absolute Gasteiger partial charge is 0.391 e. The van der Waals surface area contributed by atoms with Gasteiger partial charge in [0.25, 0.3) is 5.91 Å². The van der Waals surface area contributed by atoms with E-state index >= 15 is 0 Å². The first kappa shape index (κ1) is 11.7. The summed E-state index contributed by atoms with van der Waals surface area (Å²) in [4.78, 5) is 15.4. The van der Waals surface area contributed by atoms with Crippen LogP contribution in [-0.4, -0.2) is 45.8 Å². The molecule has 2 aromatic heterocycles. The molecule has 18 heavy (non-hydrogen) atoms. The van der Waals surface area contributed by atoms with Gasteiger partial charge in [-0.25, -0.2) is 0 Å². The lowest BCUT2D eigenvalue weighted by Crippen LogP contribution is -2.34. The number of nitrogens with zero attached hydrogens (tertiary/aromatic N) is 2. The van der Waals surface area contributed by atoms with Crippen LogP contribution in [0.5, 0.6) is 0 Å². The minimum absolute atomic E-state index is 0.0377. The van der Waals surface area contributed by atoms with Crippen LogP contribution >= 0.6 is 11.3 Å². The van der Waals surface area contributed by atoms with Gasteiger partial charge in [0, 0.05) is 19.0 Å². The minimum Gasteiger partial charge on any atom is -0.391 e. The zero-order chi connectivity index (χ0) is 12.7. The highest BCUT2D eigenvalue weighted by atomic mass is 32.1. The molecule has 0 saturated heterocycles. The van der Waals surface area contributed by atoms with Crippen molar-refractivity contribution in [3.63, 3.8) is 0 Å². The third-order valence-corrected chi connectivity index (χ3v) is 4.36. The van der Waals surface area contributed by atoms with Gasteiger partial charge in [-0.3, -0.25) is 9.89 Å². The van der Waals surface area contributed by atoms with Crippen LogP contribution in [0.2, 0.25) is 0 Å². The van der Waals surface area contributed by atoms with Crippen LogP contribution in [0.15, 0.2) is 12.3 Å². The van der Waals surface area contributed by atoms with Crippen molar-refractivity contribution >= 4 is 27.5 Å². The number of thiophene rings is 1. The van der Waals surface area contributed by atoms with E-state index in [0.717, 1.165) is 23.1 Å². The van der Waals surface area contributed by atoms with Crippen molar-refractivity contribution in [3.8, 4) is 0 Å². The normalized spacial score (nSPS) is 17.0. The lowest BCUT2D eigenvalue weighted by molar-refractivity contribution is 0.0650. The van der Waals surface area contributed by atoms with Gasteiger partial charge in [0.15, 0.2) is 0 Å². The molecule has 2 aromatic rings. The molecule has 1 unspecified atom stereocenters. The van der Waals surface area contributed by atoms with Crippen LogP contribution in [0, 0.1) is 5.92 Å². The van der Waals surface area contributed by atoms with E-state index in [1.807, 2.05) is 6.07 Å². The van der Waals surface area contributed by atoms with Crippen LogP contribution in [0.3, 0.4) is 0 Å². The van der Waals surface area contributed by atoms with E-state index in [4.69, 9.17) is 0 Å². The Hall–Kier alpha value is -1.40. The summed E-state index contributed by atoms with van der Waals surface area (Å²) < 4.78 is 0. The molecule has 0 spiro atoms. The van der Waals surface area contributed by atoms with Gasteiger partial charge < -0.3 is 10.0 Å². The number of aliphatic hydroxyl groups excluding tert-OH is 1. The summed E-state index contributed by atoms with van der Waals surface area (Å²) in [5.74, 6) is 0.353. The molecule has 0 aromatic carbocycles. The van der Waals surface area contributed by atoms with E-state index in [-0.39, 0.29) is 12.0 Å². The fourth-order valence-electron chi connectivity index (χ4n) is 2.04. The zero-order valence-corrected chi connectivity index (χ0v) is 10.9. The molecule has 0 radical (unpaired) electrons. The maximum atomic E-state index is 12.2. The fraction of sp³-hybridized carbons (Fsp3) is 0.500. The third kappa shape index (κ3) is 2.13. The highest BCUT2D eigenvalue weighted by Crippen LogP contribution is 2.33. The van der Waals surface area contributed by atoms with Crippen molar-refractivity contribution in [1.29, 1.82) is 0 Å². The fourth-order valence-corrected chi connectivity index (χ4v) is 3.01. The van der Waals surface area contributed by atoms with E-state index in [0.29, 0.717) is 17.3 Å². The molecule has 1 fully saturated rings. The summed E-state index contributed by atoms with van der Waals surface area (Å²) in [6.07, 6.45) is 3.49. The SMILES string of the molecule is CN(CC(O)C1CC1)C(=O)c1cc2cn[nH]c2s1. The smallest absolute Gasteiger partial charge is 0.263 e. The van der Waals surface area contributed by atoms with Crippen LogP contribution in [0.1, 0.15) is 22.5 Å². The maximum absolute atomic E-state index is 12.2. The van der Waals surface area contributed by atoms with E-state index in [9.17, 15) is 9.90 Å². The molecule has 1 aliphatic carbocycles. The number of carbonyl (C=O) groups excluding carboxylic acids is 1. The van der Waals surface area contributed by atoms with Gasteiger partial charge in [0.2, 0.25) is 0 Å². The standard InChI is InChI=1S/C12H15N3O2S/c1-15(6-9(16)7-2-3-7)12(17)10-4-8-5-13-14-11(8)18-10/h4-5,7,9,16H,2-3,6H2,1H3,(H,13,14). The van der Waals surface area contributed by atoms with Crippen molar-refractivity contribution in [2.45, 2.75) is 18.9 Å². The molecule has 96 valence electrons. The molecule has 2 heterocycles. The lowest BCUT2D eigenvalue weighted by Gasteiger charge is -2.19. The van der Waals surface area contributed by atoms with E-state index < -0.39 is 0 Å². The first-order valence-corrected chi connectivity index (χ1v) is 6.83. The molecule has 0 bridgehead atoms. The van der Waals surface area contributed by atoms with Crippen LogP contribution in [-0.2, 0) is 0 Å². The van der Waals surface area contributed by atoms with Crippen LogP contribution < -0.4 is 0 Å². The molecule has 1 atom stereocenters. The Morgan fingerprint density at radius 1 is 1.72 bits per heavy atom. The molecule has 6 heteroatoms. The summed E-state index contributed by atoms with van der Waals surface area (Å²) in [7, 11) is 1.74. The van der Waals surface area contributed by atoms with Crippen LogP contribution in [0.25, 0.3) is 10.2 Å². The molecule has 0 aliphatic heterocycles. The Labute approximate surface area is 108 Å². The Bertz CT molecular complexity index is 544. The lowest BCUT2D eigenvalue weighted by atomic mass is 10.2. The van der Waals surface area contributed by atoms with Gasteiger partial charge in [0.05, 0.1) is 17.2 Å². The van der Waals surface area contributed by atoms with E-state index in [1.165, 1.54) is 11.3 Å². The number of aromatic amines is 1. The average Bonchev–Trinajstić information content (AvgIpc) is 2.97. The van der Waals surface area contributed by atoms with E-state index in [2.05, 4.69) is 10.2 Å². The first-order valence-electron chi connectivity index (χ1n) is 6.01. The third-order valence-electron chi connectivity index (χ3n) is 3.32. The van der Waals surface area contributed by atoms with Gasteiger partial charge in [-0.05, 0) is 24.8 Å². The molecule has 3 rings (SSSR count). The Balaban J connectivity index is 1.70. The summed E-state index contributed by atoms with van der Waals surface area (Å²) in [6.45, 7) is 0.410. The molecule has 1 amide bonds. The second kappa shape index (κ2) is 4.37. The predicted molar refractivity (Wildman–Crippen MR) is 69.7 cm³/mol. The Kier molecular flexibility index (Phi) is 2.83. The van der Waals surface area contributed by atoms with E-state index in [1.54, 1.807) is 18.1 Å². The number of rotatable bonds is 4. The van der Waals surface area contributed by atoms with Crippen molar-refractivity contribution in [2.75, 3.05) is 13.6 Å². The highest BCUT2D eigenvalue weighted by Gasteiger charge is 2.31. The van der Waals surface area contributed by atoms with Gasteiger partial charge in [0.1, 0.15) is 4.83 Å². The molecular formula is C12H15N3O2S. The quantitative estimate of drug-likeness (QED) is 0.879. The predicted octanol–water partition coefficient (Wildman–Crippen LogP) is 1.47. The number of hydrogen-bond acceptors (Lipinski definition) is 4. The topological polar surface area (TPSA) is 69.2 Å². The Morgan fingerprint density at radius 2 is 2.50 bits per heavy atom. The van der Waals surface area contributed by atoms with Gasteiger partial charge in [-0.2, -0.15) is 5.10 Å². The monoisotopic (exact) mass is 265 g/mol. The molecule has 2 N–H and O–H groups in total. The van der Waals surface area contributed by atoms with Gasteiger partial charge in [-0.1, -0.05) is 0 Å². The zero-order valence-electron chi connectivity index (χ0n) is 10.1. The molecule has 5 nitrogen and oxygen atoms in total.